The number of methoxy groups -OCH3 is 1. The van der Waals surface area contributed by atoms with E-state index in [9.17, 15) is 13.2 Å². The molecule has 0 heterocycles. The van der Waals surface area contributed by atoms with E-state index in [1.54, 1.807) is 18.2 Å². The average Bonchev–Trinajstić information content (AvgIpc) is 2.46. The van der Waals surface area contributed by atoms with Crippen LogP contribution in [0.15, 0.2) is 42.5 Å². The molecule has 0 spiro atoms. The average molecular weight is 361 g/mol. The molecule has 2 N–H and O–H groups in total. The monoisotopic (exact) mass is 360 g/mol. The van der Waals surface area contributed by atoms with Crippen molar-refractivity contribution in [1.29, 1.82) is 0 Å². The van der Waals surface area contributed by atoms with Gasteiger partial charge in [0.05, 0.1) is 17.7 Å². The van der Waals surface area contributed by atoms with Gasteiger partial charge in [0.2, 0.25) is 0 Å². The van der Waals surface area contributed by atoms with Crippen LogP contribution in [0.4, 0.5) is 24.5 Å². The van der Waals surface area contributed by atoms with Crippen LogP contribution in [0.25, 0.3) is 0 Å². The molecule has 0 aliphatic carbocycles. The van der Waals surface area contributed by atoms with Crippen LogP contribution in [0.2, 0.25) is 5.02 Å². The lowest BCUT2D eigenvalue weighted by Crippen LogP contribution is -2.19. The molecular weight excluding hydrogens is 349 g/mol. The van der Waals surface area contributed by atoms with Gasteiger partial charge in [-0.05, 0) is 48.6 Å². The van der Waals surface area contributed by atoms with Gasteiger partial charge in [0.25, 0.3) is 0 Å². The predicted molar refractivity (Wildman–Crippen MR) is 89.3 cm³/mol. The van der Waals surface area contributed by atoms with Crippen LogP contribution in [0, 0.1) is 0 Å². The highest BCUT2D eigenvalue weighted by atomic mass is 35.5. The van der Waals surface area contributed by atoms with Gasteiger partial charge in [-0.3, -0.25) is 0 Å². The van der Waals surface area contributed by atoms with Crippen LogP contribution in [-0.2, 0) is 6.18 Å². The van der Waals surface area contributed by atoms with Gasteiger partial charge < -0.3 is 15.4 Å². The largest absolute Gasteiger partial charge is 0.495 e. The summed E-state index contributed by atoms with van der Waals surface area (Å²) in [6, 6.07) is 9.70. The van der Waals surface area contributed by atoms with Gasteiger partial charge in [-0.25, -0.2) is 0 Å². The SMILES string of the molecule is COc1ccc(NC(=S)Nc2cccc(C(F)(F)F)c2)cc1Cl. The van der Waals surface area contributed by atoms with Crippen molar-refractivity contribution in [2.75, 3.05) is 17.7 Å². The molecule has 0 bridgehead atoms. The van der Waals surface area contributed by atoms with E-state index in [0.29, 0.717) is 16.5 Å². The summed E-state index contributed by atoms with van der Waals surface area (Å²) in [6.45, 7) is 0. The summed E-state index contributed by atoms with van der Waals surface area (Å²) in [5.41, 5.74) is 0.0648. The molecule has 0 aliphatic heterocycles. The fraction of sp³-hybridized carbons (Fsp3) is 0.133. The summed E-state index contributed by atoms with van der Waals surface area (Å²) in [6.07, 6.45) is -4.41. The van der Waals surface area contributed by atoms with Gasteiger partial charge in [-0.15, -0.1) is 0 Å². The highest BCUT2D eigenvalue weighted by Crippen LogP contribution is 2.31. The smallest absolute Gasteiger partial charge is 0.416 e. The standard InChI is InChI=1S/C15H12ClF3N2OS/c1-22-13-6-5-11(8-12(13)16)21-14(23)20-10-4-2-3-9(7-10)15(17,18)19/h2-8H,1H3,(H2,20,21,23). The molecule has 8 heteroatoms. The maximum absolute atomic E-state index is 12.7. The van der Waals surface area contributed by atoms with Gasteiger partial charge in [0, 0.05) is 11.4 Å². The minimum Gasteiger partial charge on any atom is -0.495 e. The summed E-state index contributed by atoms with van der Waals surface area (Å²) in [5, 5.41) is 6.07. The lowest BCUT2D eigenvalue weighted by atomic mass is 10.2. The van der Waals surface area contributed by atoms with Crippen LogP contribution in [-0.4, -0.2) is 12.2 Å². The Balaban J connectivity index is 2.07. The molecule has 0 fully saturated rings. The summed E-state index contributed by atoms with van der Waals surface area (Å²) < 4.78 is 43.0. The molecule has 0 aromatic heterocycles. The van der Waals surface area contributed by atoms with Gasteiger partial charge >= 0.3 is 6.18 Å². The molecule has 0 saturated heterocycles. The Morgan fingerprint density at radius 1 is 1.09 bits per heavy atom. The third kappa shape index (κ3) is 4.74. The second kappa shape index (κ2) is 7.06. The maximum atomic E-state index is 12.7. The van der Waals surface area contributed by atoms with E-state index in [-0.39, 0.29) is 10.8 Å². The Hall–Kier alpha value is -1.99. The van der Waals surface area contributed by atoms with Crippen molar-refractivity contribution in [1.82, 2.24) is 0 Å². The van der Waals surface area contributed by atoms with Crippen LogP contribution < -0.4 is 15.4 Å². The van der Waals surface area contributed by atoms with E-state index in [2.05, 4.69) is 10.6 Å². The number of halogens is 4. The van der Waals surface area contributed by atoms with Crippen LogP contribution >= 0.6 is 23.8 Å². The van der Waals surface area contributed by atoms with Crippen molar-refractivity contribution in [2.24, 2.45) is 0 Å². The molecule has 0 atom stereocenters. The van der Waals surface area contributed by atoms with Crippen LogP contribution in [0.3, 0.4) is 0 Å². The van der Waals surface area contributed by atoms with Crippen LogP contribution in [0.5, 0.6) is 5.75 Å². The molecule has 23 heavy (non-hydrogen) atoms. The van der Waals surface area contributed by atoms with E-state index in [1.807, 2.05) is 0 Å². The molecule has 0 amide bonds. The number of rotatable bonds is 3. The van der Waals surface area contributed by atoms with Gasteiger partial charge in [-0.1, -0.05) is 17.7 Å². The molecule has 122 valence electrons. The normalized spacial score (nSPS) is 11.0. The Labute approximate surface area is 141 Å². The number of benzene rings is 2. The summed E-state index contributed by atoms with van der Waals surface area (Å²) in [4.78, 5) is 0. The zero-order valence-electron chi connectivity index (χ0n) is 11.9. The third-order valence-corrected chi connectivity index (χ3v) is 3.36. The number of hydrogen-bond donors (Lipinski definition) is 2. The summed E-state index contributed by atoms with van der Waals surface area (Å²) in [5.74, 6) is 0.508. The maximum Gasteiger partial charge on any atom is 0.416 e. The van der Waals surface area contributed by atoms with Crippen LogP contribution in [0.1, 0.15) is 5.56 Å². The van der Waals surface area contributed by atoms with Crippen molar-refractivity contribution in [3.8, 4) is 5.75 Å². The zero-order chi connectivity index (χ0) is 17.0. The van der Waals surface area contributed by atoms with Gasteiger partial charge in [0.15, 0.2) is 5.11 Å². The molecule has 2 aromatic carbocycles. The molecule has 2 rings (SSSR count). The van der Waals surface area contributed by atoms with E-state index >= 15 is 0 Å². The summed E-state index contributed by atoms with van der Waals surface area (Å²) in [7, 11) is 1.49. The fourth-order valence-corrected chi connectivity index (χ4v) is 2.30. The molecule has 0 radical (unpaired) electrons. The van der Waals surface area contributed by atoms with E-state index in [4.69, 9.17) is 28.6 Å². The molecule has 0 aliphatic rings. The van der Waals surface area contributed by atoms with E-state index in [1.165, 1.54) is 19.2 Å². The second-order valence-electron chi connectivity index (χ2n) is 4.51. The van der Waals surface area contributed by atoms with Crippen molar-refractivity contribution < 1.29 is 17.9 Å². The van der Waals surface area contributed by atoms with Crippen molar-refractivity contribution >= 4 is 40.3 Å². The Bertz CT molecular complexity index is 722. The third-order valence-electron chi connectivity index (χ3n) is 2.86. The minimum atomic E-state index is -4.41. The lowest BCUT2D eigenvalue weighted by Gasteiger charge is -2.13. The van der Waals surface area contributed by atoms with E-state index < -0.39 is 11.7 Å². The molecule has 0 unspecified atom stereocenters. The number of thiocarbonyl (C=S) groups is 1. The quantitative estimate of drug-likeness (QED) is 0.739. The van der Waals surface area contributed by atoms with Gasteiger partial charge in [0.1, 0.15) is 5.75 Å². The highest BCUT2D eigenvalue weighted by molar-refractivity contribution is 7.80. The topological polar surface area (TPSA) is 33.3 Å². The predicted octanol–water partition coefficient (Wildman–Crippen LogP) is 5.18. The van der Waals surface area contributed by atoms with Crippen molar-refractivity contribution in [3.63, 3.8) is 0 Å². The summed E-state index contributed by atoms with van der Waals surface area (Å²) >= 11 is 11.1. The first-order valence-electron chi connectivity index (χ1n) is 6.38. The first-order valence-corrected chi connectivity index (χ1v) is 7.17. The minimum absolute atomic E-state index is 0.144. The number of hydrogen-bond acceptors (Lipinski definition) is 2. The second-order valence-corrected chi connectivity index (χ2v) is 5.32. The Morgan fingerprint density at radius 3 is 2.30 bits per heavy atom. The first kappa shape index (κ1) is 17.4. The van der Waals surface area contributed by atoms with Crippen molar-refractivity contribution in [2.45, 2.75) is 6.18 Å². The molecule has 2 aromatic rings. The van der Waals surface area contributed by atoms with E-state index in [0.717, 1.165) is 12.1 Å². The Kier molecular flexibility index (Phi) is 5.33. The number of ether oxygens (including phenoxy) is 1. The molecule has 3 nitrogen and oxygen atoms in total. The number of anilines is 2. The first-order chi connectivity index (χ1) is 10.8. The van der Waals surface area contributed by atoms with Crippen molar-refractivity contribution in [3.05, 3.63) is 53.1 Å². The Morgan fingerprint density at radius 2 is 1.74 bits per heavy atom. The molecule has 0 saturated carbocycles. The fourth-order valence-electron chi connectivity index (χ4n) is 1.81. The van der Waals surface area contributed by atoms with Gasteiger partial charge in [-0.2, -0.15) is 13.2 Å². The number of alkyl halides is 3. The lowest BCUT2D eigenvalue weighted by molar-refractivity contribution is -0.137. The number of nitrogens with one attached hydrogen (secondary N) is 2. The highest BCUT2D eigenvalue weighted by Gasteiger charge is 2.30. The molecular formula is C15H12ClF3N2OS. The zero-order valence-corrected chi connectivity index (χ0v) is 13.4.